The fourth-order valence-electron chi connectivity index (χ4n) is 1.56. The largest absolute Gasteiger partial charge is 0.284 e. The molecule has 0 aliphatic heterocycles. The molecule has 106 valence electrons. The molecule has 7 nitrogen and oxygen atoms in total. The molecule has 8 heteroatoms. The average molecular weight is 350 g/mol. The van der Waals surface area contributed by atoms with Crippen LogP contribution in [0.5, 0.6) is 0 Å². The van der Waals surface area contributed by atoms with Crippen LogP contribution >= 0.6 is 15.9 Å². The van der Waals surface area contributed by atoms with Gasteiger partial charge in [0.2, 0.25) is 0 Å². The van der Waals surface area contributed by atoms with Gasteiger partial charge in [-0.15, -0.1) is 0 Å². The maximum absolute atomic E-state index is 10.8. The molecule has 21 heavy (non-hydrogen) atoms. The Labute approximate surface area is 127 Å². The van der Waals surface area contributed by atoms with Gasteiger partial charge in [0, 0.05) is 24.4 Å². The number of non-ortho nitro benzene ring substituents is 1. The normalized spacial score (nSPS) is 10.7. The third-order valence-corrected chi connectivity index (χ3v) is 3.26. The number of hydrogen-bond acceptors (Lipinski definition) is 5. The highest BCUT2D eigenvalue weighted by Crippen LogP contribution is 2.25. The second kappa shape index (κ2) is 6.23. The van der Waals surface area contributed by atoms with Crippen LogP contribution in [-0.4, -0.2) is 16.1 Å². The van der Waals surface area contributed by atoms with Crippen LogP contribution in [0.25, 0.3) is 0 Å². The highest BCUT2D eigenvalue weighted by Gasteiger charge is 2.11. The Morgan fingerprint density at radius 2 is 1.67 bits per heavy atom. The maximum atomic E-state index is 10.8. The van der Waals surface area contributed by atoms with Crippen molar-refractivity contribution in [2.45, 2.75) is 0 Å². The third kappa shape index (κ3) is 3.69. The summed E-state index contributed by atoms with van der Waals surface area (Å²) in [6, 6.07) is 10.3. The molecule has 0 heterocycles. The Bertz CT molecular complexity index is 729. The Morgan fingerprint density at radius 3 is 2.24 bits per heavy atom. The van der Waals surface area contributed by atoms with E-state index in [0.717, 1.165) is 0 Å². The molecule has 0 N–H and O–H groups in total. The first-order valence-electron chi connectivity index (χ1n) is 5.70. The molecule has 0 fully saturated rings. The van der Waals surface area contributed by atoms with Gasteiger partial charge in [0.25, 0.3) is 11.4 Å². The SMILES string of the molecule is O=[N+]([O-])c1ccc(N=Cc2ccc(Br)c([N+](=O)[O-])c2)cc1. The summed E-state index contributed by atoms with van der Waals surface area (Å²) < 4.78 is 0.389. The van der Waals surface area contributed by atoms with Gasteiger partial charge >= 0.3 is 0 Å². The average Bonchev–Trinajstić information content (AvgIpc) is 2.46. The summed E-state index contributed by atoms with van der Waals surface area (Å²) >= 11 is 3.10. The minimum Gasteiger partial charge on any atom is -0.258 e. The van der Waals surface area contributed by atoms with Gasteiger partial charge in [-0.2, -0.15) is 0 Å². The number of aliphatic imine (C=N–C) groups is 1. The number of halogens is 1. The molecule has 0 amide bonds. The summed E-state index contributed by atoms with van der Waals surface area (Å²) in [4.78, 5) is 24.5. The number of nitro groups is 2. The van der Waals surface area contributed by atoms with Gasteiger partial charge in [-0.1, -0.05) is 6.07 Å². The van der Waals surface area contributed by atoms with E-state index in [4.69, 9.17) is 0 Å². The summed E-state index contributed by atoms with van der Waals surface area (Å²) in [6.07, 6.45) is 1.46. The van der Waals surface area contributed by atoms with E-state index < -0.39 is 9.85 Å². The van der Waals surface area contributed by atoms with Crippen molar-refractivity contribution >= 4 is 39.2 Å². The molecule has 0 spiro atoms. The van der Waals surface area contributed by atoms with Crippen LogP contribution in [0.15, 0.2) is 51.9 Å². The molecule has 0 aromatic heterocycles. The number of benzene rings is 2. The lowest BCUT2D eigenvalue weighted by Crippen LogP contribution is -1.91. The number of hydrogen-bond donors (Lipinski definition) is 0. The molecule has 2 aromatic carbocycles. The minimum atomic E-state index is -0.494. The van der Waals surface area contributed by atoms with Crippen LogP contribution in [0, 0.1) is 20.2 Å². The predicted molar refractivity (Wildman–Crippen MR) is 81.1 cm³/mol. The molecule has 2 aromatic rings. The second-order valence-electron chi connectivity index (χ2n) is 4.00. The van der Waals surface area contributed by atoms with Gasteiger partial charge in [-0.05, 0) is 39.7 Å². The Hall–Kier alpha value is -2.61. The van der Waals surface area contributed by atoms with E-state index in [0.29, 0.717) is 15.7 Å². The van der Waals surface area contributed by atoms with E-state index in [9.17, 15) is 20.2 Å². The Balaban J connectivity index is 2.23. The third-order valence-electron chi connectivity index (χ3n) is 2.59. The predicted octanol–water partition coefficient (Wildman–Crippen LogP) is 4.02. The lowest BCUT2D eigenvalue weighted by Gasteiger charge is -1.97. The Kier molecular flexibility index (Phi) is 4.39. The van der Waals surface area contributed by atoms with Crippen molar-refractivity contribution < 1.29 is 9.85 Å². The van der Waals surface area contributed by atoms with Crippen molar-refractivity contribution in [3.63, 3.8) is 0 Å². The van der Waals surface area contributed by atoms with E-state index in [1.54, 1.807) is 12.1 Å². The molecular formula is C13H8BrN3O4. The van der Waals surface area contributed by atoms with E-state index in [1.807, 2.05) is 0 Å². The summed E-state index contributed by atoms with van der Waals surface area (Å²) in [5.74, 6) is 0. The summed E-state index contributed by atoms with van der Waals surface area (Å²) in [5.41, 5.74) is 1.00. The maximum Gasteiger partial charge on any atom is 0.284 e. The highest BCUT2D eigenvalue weighted by molar-refractivity contribution is 9.10. The molecule has 0 saturated heterocycles. The standard InChI is InChI=1S/C13H8BrN3O4/c14-12-6-1-9(7-13(12)17(20)21)8-15-10-2-4-11(5-3-10)16(18)19/h1-8H. The molecule has 0 saturated carbocycles. The zero-order valence-electron chi connectivity index (χ0n) is 10.5. The smallest absolute Gasteiger partial charge is 0.258 e. The first-order chi connectivity index (χ1) is 9.97. The van der Waals surface area contributed by atoms with Gasteiger partial charge in [-0.3, -0.25) is 25.2 Å². The van der Waals surface area contributed by atoms with Crippen LogP contribution in [0.1, 0.15) is 5.56 Å². The first kappa shape index (κ1) is 14.8. The summed E-state index contributed by atoms with van der Waals surface area (Å²) in [5, 5.41) is 21.3. The van der Waals surface area contributed by atoms with Crippen molar-refractivity contribution in [1.82, 2.24) is 0 Å². The van der Waals surface area contributed by atoms with Crippen LogP contribution in [0.3, 0.4) is 0 Å². The molecule has 0 aliphatic rings. The van der Waals surface area contributed by atoms with E-state index in [1.165, 1.54) is 36.5 Å². The van der Waals surface area contributed by atoms with Crippen molar-refractivity contribution in [2.24, 2.45) is 4.99 Å². The topological polar surface area (TPSA) is 98.6 Å². The van der Waals surface area contributed by atoms with Crippen molar-refractivity contribution in [3.05, 3.63) is 72.7 Å². The van der Waals surface area contributed by atoms with Gasteiger partial charge in [0.05, 0.1) is 20.0 Å². The van der Waals surface area contributed by atoms with Crippen LogP contribution in [-0.2, 0) is 0 Å². The van der Waals surface area contributed by atoms with Crippen molar-refractivity contribution in [3.8, 4) is 0 Å². The zero-order valence-corrected chi connectivity index (χ0v) is 12.1. The van der Waals surface area contributed by atoms with E-state index >= 15 is 0 Å². The lowest BCUT2D eigenvalue weighted by molar-refractivity contribution is -0.385. The van der Waals surface area contributed by atoms with Gasteiger partial charge in [0.15, 0.2) is 0 Å². The van der Waals surface area contributed by atoms with Crippen molar-refractivity contribution in [2.75, 3.05) is 0 Å². The summed E-state index contributed by atoms with van der Waals surface area (Å²) in [6.45, 7) is 0. The first-order valence-corrected chi connectivity index (χ1v) is 6.49. The number of nitrogens with zero attached hydrogens (tertiary/aromatic N) is 3. The van der Waals surface area contributed by atoms with E-state index in [-0.39, 0.29) is 11.4 Å². The fourth-order valence-corrected chi connectivity index (χ4v) is 1.95. The number of rotatable bonds is 4. The molecule has 0 atom stereocenters. The van der Waals surface area contributed by atoms with Gasteiger partial charge in [0.1, 0.15) is 0 Å². The van der Waals surface area contributed by atoms with Crippen LogP contribution in [0.2, 0.25) is 0 Å². The Morgan fingerprint density at radius 1 is 1.00 bits per heavy atom. The lowest BCUT2D eigenvalue weighted by atomic mass is 10.2. The molecule has 0 bridgehead atoms. The minimum absolute atomic E-state index is 0.0202. The van der Waals surface area contributed by atoms with Crippen molar-refractivity contribution in [1.29, 1.82) is 0 Å². The zero-order chi connectivity index (χ0) is 15.4. The van der Waals surface area contributed by atoms with Crippen LogP contribution < -0.4 is 0 Å². The quantitative estimate of drug-likeness (QED) is 0.472. The second-order valence-corrected chi connectivity index (χ2v) is 4.85. The van der Waals surface area contributed by atoms with Gasteiger partial charge in [-0.25, -0.2) is 0 Å². The van der Waals surface area contributed by atoms with E-state index in [2.05, 4.69) is 20.9 Å². The summed E-state index contributed by atoms with van der Waals surface area (Å²) in [7, 11) is 0. The monoisotopic (exact) mass is 349 g/mol. The van der Waals surface area contributed by atoms with Crippen LogP contribution in [0.4, 0.5) is 17.1 Å². The highest BCUT2D eigenvalue weighted by atomic mass is 79.9. The molecule has 2 rings (SSSR count). The van der Waals surface area contributed by atoms with Gasteiger partial charge < -0.3 is 0 Å². The molecular weight excluding hydrogens is 342 g/mol. The molecule has 0 aliphatic carbocycles. The number of nitro benzene ring substituents is 2. The molecule has 0 radical (unpaired) electrons. The molecule has 0 unspecified atom stereocenters. The fraction of sp³-hybridized carbons (Fsp3) is 0.